The summed E-state index contributed by atoms with van der Waals surface area (Å²) < 4.78 is 0. The number of hydrogen-bond donors (Lipinski definition) is 1. The molecule has 1 rings (SSSR count). The van der Waals surface area contributed by atoms with Crippen molar-refractivity contribution in [3.8, 4) is 0 Å². The Morgan fingerprint density at radius 1 is 1.50 bits per heavy atom. The normalized spacial score (nSPS) is 24.9. The molecule has 0 radical (unpaired) electrons. The number of likely N-dealkylation sites (N-methyl/N-ethyl adjacent to an activating group) is 2. The van der Waals surface area contributed by atoms with Gasteiger partial charge in [-0.15, -0.1) is 0 Å². The van der Waals surface area contributed by atoms with Crippen molar-refractivity contribution in [2.45, 2.75) is 45.2 Å². The van der Waals surface area contributed by atoms with Crippen molar-refractivity contribution >= 4 is 0 Å². The Morgan fingerprint density at radius 2 is 2.25 bits per heavy atom. The quantitative estimate of drug-likeness (QED) is 0.740. The van der Waals surface area contributed by atoms with Gasteiger partial charge >= 0.3 is 0 Å². The van der Waals surface area contributed by atoms with E-state index in [0.29, 0.717) is 6.04 Å². The molecule has 1 aliphatic rings. The standard InChI is InChI=1S/C13H29N3/c1-5-8-14-12(2)10-16(4)13-7-6-9-15(3)11-13/h12-14H,5-11H2,1-4H3. The highest BCUT2D eigenvalue weighted by Gasteiger charge is 2.21. The fourth-order valence-electron chi connectivity index (χ4n) is 2.54. The third-order valence-electron chi connectivity index (χ3n) is 3.53. The fraction of sp³-hybridized carbons (Fsp3) is 1.00. The number of rotatable bonds is 6. The lowest BCUT2D eigenvalue weighted by molar-refractivity contribution is 0.127. The Labute approximate surface area is 101 Å². The minimum atomic E-state index is 0.609. The molecule has 1 N–H and O–H groups in total. The Kier molecular flexibility index (Phi) is 6.32. The molecule has 0 aromatic carbocycles. The number of nitrogens with one attached hydrogen (secondary N) is 1. The van der Waals surface area contributed by atoms with E-state index in [9.17, 15) is 0 Å². The Balaban J connectivity index is 2.24. The van der Waals surface area contributed by atoms with Gasteiger partial charge in [-0.2, -0.15) is 0 Å². The topological polar surface area (TPSA) is 18.5 Å². The minimum Gasteiger partial charge on any atom is -0.313 e. The number of piperidine rings is 1. The molecule has 0 bridgehead atoms. The van der Waals surface area contributed by atoms with Gasteiger partial charge in [0, 0.05) is 25.2 Å². The maximum absolute atomic E-state index is 3.56. The molecular formula is C13H29N3. The first-order valence-corrected chi connectivity index (χ1v) is 6.75. The summed E-state index contributed by atoms with van der Waals surface area (Å²) in [5.41, 5.74) is 0. The van der Waals surface area contributed by atoms with Gasteiger partial charge in [-0.25, -0.2) is 0 Å². The zero-order valence-corrected chi connectivity index (χ0v) is 11.5. The summed E-state index contributed by atoms with van der Waals surface area (Å²) in [7, 11) is 4.51. The molecule has 0 saturated carbocycles. The van der Waals surface area contributed by atoms with Crippen LogP contribution in [0.5, 0.6) is 0 Å². The maximum Gasteiger partial charge on any atom is 0.0221 e. The van der Waals surface area contributed by atoms with Crippen LogP contribution in [0.3, 0.4) is 0 Å². The molecule has 96 valence electrons. The lowest BCUT2D eigenvalue weighted by Gasteiger charge is -2.37. The van der Waals surface area contributed by atoms with Crippen molar-refractivity contribution in [1.29, 1.82) is 0 Å². The molecule has 3 nitrogen and oxygen atoms in total. The van der Waals surface area contributed by atoms with Crippen molar-refractivity contribution < 1.29 is 0 Å². The molecular weight excluding hydrogens is 198 g/mol. The number of hydrogen-bond acceptors (Lipinski definition) is 3. The Morgan fingerprint density at radius 3 is 2.88 bits per heavy atom. The predicted molar refractivity (Wildman–Crippen MR) is 70.9 cm³/mol. The molecule has 0 aromatic heterocycles. The van der Waals surface area contributed by atoms with Crippen molar-refractivity contribution in [3.05, 3.63) is 0 Å². The van der Waals surface area contributed by atoms with E-state index in [0.717, 1.165) is 12.6 Å². The summed E-state index contributed by atoms with van der Waals surface area (Å²) in [6.45, 7) is 9.32. The van der Waals surface area contributed by atoms with Crippen molar-refractivity contribution in [1.82, 2.24) is 15.1 Å². The van der Waals surface area contributed by atoms with Crippen LogP contribution in [0.4, 0.5) is 0 Å². The molecule has 2 unspecified atom stereocenters. The van der Waals surface area contributed by atoms with Gasteiger partial charge in [-0.1, -0.05) is 6.92 Å². The third kappa shape index (κ3) is 4.81. The van der Waals surface area contributed by atoms with Gasteiger partial charge in [0.05, 0.1) is 0 Å². The van der Waals surface area contributed by atoms with E-state index in [2.05, 4.69) is 43.1 Å². The molecule has 0 spiro atoms. The van der Waals surface area contributed by atoms with Gasteiger partial charge in [-0.05, 0) is 53.4 Å². The van der Waals surface area contributed by atoms with Crippen LogP contribution in [-0.4, -0.2) is 62.2 Å². The van der Waals surface area contributed by atoms with Crippen LogP contribution in [0.25, 0.3) is 0 Å². The molecule has 3 heteroatoms. The van der Waals surface area contributed by atoms with Crippen LogP contribution in [0.2, 0.25) is 0 Å². The van der Waals surface area contributed by atoms with E-state index < -0.39 is 0 Å². The van der Waals surface area contributed by atoms with Gasteiger partial charge in [0.25, 0.3) is 0 Å². The first-order chi connectivity index (χ1) is 7.63. The summed E-state index contributed by atoms with van der Waals surface area (Å²) >= 11 is 0. The monoisotopic (exact) mass is 227 g/mol. The highest BCUT2D eigenvalue weighted by Crippen LogP contribution is 2.13. The summed E-state index contributed by atoms with van der Waals surface area (Å²) in [4.78, 5) is 4.98. The molecule has 0 aromatic rings. The number of likely N-dealkylation sites (tertiary alicyclic amines) is 1. The fourth-order valence-corrected chi connectivity index (χ4v) is 2.54. The molecule has 0 aliphatic carbocycles. The van der Waals surface area contributed by atoms with Crippen molar-refractivity contribution in [2.75, 3.05) is 40.3 Å². The highest BCUT2D eigenvalue weighted by atomic mass is 15.2. The van der Waals surface area contributed by atoms with E-state index in [1.807, 2.05) is 0 Å². The first kappa shape index (κ1) is 13.9. The SMILES string of the molecule is CCCNC(C)CN(C)C1CCCN(C)C1. The maximum atomic E-state index is 3.56. The third-order valence-corrected chi connectivity index (χ3v) is 3.53. The zero-order valence-electron chi connectivity index (χ0n) is 11.5. The average molecular weight is 227 g/mol. The summed E-state index contributed by atoms with van der Waals surface area (Å²) in [5.74, 6) is 0. The molecule has 16 heavy (non-hydrogen) atoms. The van der Waals surface area contributed by atoms with E-state index >= 15 is 0 Å². The Bertz CT molecular complexity index is 184. The summed E-state index contributed by atoms with van der Waals surface area (Å²) in [6.07, 6.45) is 3.93. The van der Waals surface area contributed by atoms with Gasteiger partial charge < -0.3 is 15.1 Å². The van der Waals surface area contributed by atoms with Crippen LogP contribution in [0, 0.1) is 0 Å². The lowest BCUT2D eigenvalue weighted by atomic mass is 10.0. The first-order valence-electron chi connectivity index (χ1n) is 6.75. The van der Waals surface area contributed by atoms with Gasteiger partial charge in [0.1, 0.15) is 0 Å². The molecule has 1 heterocycles. The summed E-state index contributed by atoms with van der Waals surface area (Å²) in [5, 5.41) is 3.56. The second-order valence-corrected chi connectivity index (χ2v) is 5.35. The van der Waals surface area contributed by atoms with Crippen molar-refractivity contribution in [2.24, 2.45) is 0 Å². The number of nitrogens with zero attached hydrogens (tertiary/aromatic N) is 2. The van der Waals surface area contributed by atoms with Crippen LogP contribution in [-0.2, 0) is 0 Å². The molecule has 1 aliphatic heterocycles. The zero-order chi connectivity index (χ0) is 12.0. The second kappa shape index (κ2) is 7.25. The van der Waals surface area contributed by atoms with Crippen LogP contribution >= 0.6 is 0 Å². The smallest absolute Gasteiger partial charge is 0.0221 e. The van der Waals surface area contributed by atoms with E-state index in [1.165, 1.54) is 38.9 Å². The summed E-state index contributed by atoms with van der Waals surface area (Å²) in [6, 6.07) is 1.36. The van der Waals surface area contributed by atoms with Crippen LogP contribution in [0.15, 0.2) is 0 Å². The molecule has 0 amide bonds. The average Bonchev–Trinajstić information content (AvgIpc) is 2.26. The van der Waals surface area contributed by atoms with E-state index in [-0.39, 0.29) is 0 Å². The van der Waals surface area contributed by atoms with Gasteiger partial charge in [0.2, 0.25) is 0 Å². The Hall–Kier alpha value is -0.120. The largest absolute Gasteiger partial charge is 0.313 e. The molecule has 1 fully saturated rings. The molecule has 1 saturated heterocycles. The minimum absolute atomic E-state index is 0.609. The second-order valence-electron chi connectivity index (χ2n) is 5.35. The highest BCUT2D eigenvalue weighted by molar-refractivity contribution is 4.79. The van der Waals surface area contributed by atoms with Crippen LogP contribution in [0.1, 0.15) is 33.1 Å². The van der Waals surface area contributed by atoms with Crippen LogP contribution < -0.4 is 5.32 Å². The lowest BCUT2D eigenvalue weighted by Crippen LogP contribution is -2.48. The van der Waals surface area contributed by atoms with E-state index in [4.69, 9.17) is 0 Å². The van der Waals surface area contributed by atoms with E-state index in [1.54, 1.807) is 0 Å². The molecule has 2 atom stereocenters. The van der Waals surface area contributed by atoms with Crippen molar-refractivity contribution in [3.63, 3.8) is 0 Å². The predicted octanol–water partition coefficient (Wildman–Crippen LogP) is 1.40. The van der Waals surface area contributed by atoms with Gasteiger partial charge in [0.15, 0.2) is 0 Å². The van der Waals surface area contributed by atoms with Gasteiger partial charge in [-0.3, -0.25) is 0 Å².